The van der Waals surface area contributed by atoms with Gasteiger partial charge in [0.05, 0.1) is 7.11 Å². The molecule has 0 aliphatic carbocycles. The number of oxime groups is 1. The normalized spacial score (nSPS) is 18.4. The molecule has 1 aromatic carbocycles. The number of nitrogens with zero attached hydrogens (tertiary/aromatic N) is 2. The van der Waals surface area contributed by atoms with E-state index >= 15 is 0 Å². The number of carbonyl (C=O) groups is 2. The molecule has 1 heterocycles. The van der Waals surface area contributed by atoms with E-state index in [1.807, 2.05) is 0 Å². The zero-order chi connectivity index (χ0) is 16.8. The minimum absolute atomic E-state index is 0.0337. The average molecular weight is 321 g/mol. The lowest BCUT2D eigenvalue weighted by Crippen LogP contribution is -2.52. The highest BCUT2D eigenvalue weighted by Gasteiger charge is 2.32. The van der Waals surface area contributed by atoms with Gasteiger partial charge in [0, 0.05) is 12.1 Å². The summed E-state index contributed by atoms with van der Waals surface area (Å²) in [5.41, 5.74) is 0.485. The molecule has 124 valence electrons. The second-order valence-corrected chi connectivity index (χ2v) is 5.15. The number of rotatable bonds is 3. The van der Waals surface area contributed by atoms with Crippen molar-refractivity contribution >= 4 is 17.8 Å². The van der Waals surface area contributed by atoms with Gasteiger partial charge >= 0.3 is 6.09 Å². The van der Waals surface area contributed by atoms with E-state index in [0.717, 1.165) is 17.7 Å². The number of amidine groups is 1. The van der Waals surface area contributed by atoms with Gasteiger partial charge in [0.25, 0.3) is 0 Å². The Hall–Kier alpha value is -2.77. The first-order valence-corrected chi connectivity index (χ1v) is 7.23. The van der Waals surface area contributed by atoms with Gasteiger partial charge in [-0.15, -0.1) is 0 Å². The molecule has 1 aliphatic heterocycles. The Morgan fingerprint density at radius 2 is 2.00 bits per heavy atom. The van der Waals surface area contributed by atoms with E-state index in [9.17, 15) is 14.7 Å². The van der Waals surface area contributed by atoms with Crippen LogP contribution in [0, 0.1) is 0 Å². The third-order valence-corrected chi connectivity index (χ3v) is 3.76. The minimum atomic E-state index is -1.13. The Morgan fingerprint density at radius 1 is 1.30 bits per heavy atom. The highest BCUT2D eigenvalue weighted by molar-refractivity contribution is 6.09. The minimum Gasteiger partial charge on any atom is -0.497 e. The molecule has 0 saturated carbocycles. The Morgan fingerprint density at radius 3 is 2.57 bits per heavy atom. The maximum Gasteiger partial charge on any atom is 0.407 e. The Balaban J connectivity index is 2.11. The first kappa shape index (κ1) is 16.6. The van der Waals surface area contributed by atoms with E-state index in [-0.39, 0.29) is 5.84 Å². The monoisotopic (exact) mass is 321 g/mol. The van der Waals surface area contributed by atoms with Crippen LogP contribution >= 0.6 is 0 Å². The molecule has 0 aromatic heterocycles. The predicted molar refractivity (Wildman–Crippen MR) is 81.8 cm³/mol. The summed E-state index contributed by atoms with van der Waals surface area (Å²) in [5.74, 6) is 0.0889. The quantitative estimate of drug-likeness (QED) is 0.338. The van der Waals surface area contributed by atoms with Crippen LogP contribution < -0.4 is 10.1 Å². The molecular weight excluding hydrogens is 302 g/mol. The van der Waals surface area contributed by atoms with Gasteiger partial charge in [-0.05, 0) is 43.5 Å². The molecule has 1 aromatic rings. The second-order valence-electron chi connectivity index (χ2n) is 5.15. The van der Waals surface area contributed by atoms with Crippen molar-refractivity contribution < 1.29 is 24.6 Å². The summed E-state index contributed by atoms with van der Waals surface area (Å²) in [6.07, 6.45) is 0.821. The van der Waals surface area contributed by atoms with Crippen LogP contribution in [0.5, 0.6) is 5.75 Å². The van der Waals surface area contributed by atoms with Crippen LogP contribution in [-0.4, -0.2) is 52.7 Å². The van der Waals surface area contributed by atoms with E-state index < -0.39 is 18.0 Å². The topological polar surface area (TPSA) is 111 Å². The van der Waals surface area contributed by atoms with Gasteiger partial charge in [0.2, 0.25) is 5.91 Å². The van der Waals surface area contributed by atoms with Gasteiger partial charge < -0.3 is 20.4 Å². The Kier molecular flexibility index (Phi) is 5.40. The van der Waals surface area contributed by atoms with Crippen molar-refractivity contribution in [1.29, 1.82) is 0 Å². The van der Waals surface area contributed by atoms with Gasteiger partial charge in [0.1, 0.15) is 11.8 Å². The van der Waals surface area contributed by atoms with Crippen LogP contribution in [0.4, 0.5) is 4.79 Å². The van der Waals surface area contributed by atoms with E-state index in [1.165, 1.54) is 7.11 Å². The Labute approximate surface area is 133 Å². The van der Waals surface area contributed by atoms with Crippen LogP contribution in [-0.2, 0) is 4.79 Å². The maximum absolute atomic E-state index is 12.3. The molecule has 23 heavy (non-hydrogen) atoms. The molecule has 8 nitrogen and oxygen atoms in total. The molecule has 2 amide bonds. The van der Waals surface area contributed by atoms with Crippen molar-refractivity contribution in [2.45, 2.75) is 25.3 Å². The van der Waals surface area contributed by atoms with Crippen LogP contribution in [0.25, 0.3) is 0 Å². The van der Waals surface area contributed by atoms with Crippen molar-refractivity contribution in [1.82, 2.24) is 10.2 Å². The van der Waals surface area contributed by atoms with Crippen LogP contribution in [0.2, 0.25) is 0 Å². The van der Waals surface area contributed by atoms with Gasteiger partial charge in [-0.25, -0.2) is 4.79 Å². The van der Waals surface area contributed by atoms with E-state index in [4.69, 9.17) is 9.94 Å². The van der Waals surface area contributed by atoms with Crippen molar-refractivity contribution in [2.75, 3.05) is 13.7 Å². The molecule has 0 spiro atoms. The second kappa shape index (κ2) is 7.48. The number of carboxylic acid groups (broad SMARTS) is 1. The number of methoxy groups -OCH3 is 1. The molecule has 1 saturated heterocycles. The van der Waals surface area contributed by atoms with E-state index in [0.29, 0.717) is 24.3 Å². The van der Waals surface area contributed by atoms with Crippen molar-refractivity contribution in [3.8, 4) is 5.75 Å². The number of amides is 2. The maximum atomic E-state index is 12.3. The van der Waals surface area contributed by atoms with E-state index in [2.05, 4.69) is 10.5 Å². The number of carbonyl (C=O) groups excluding carboxylic acids is 1. The lowest BCUT2D eigenvalue weighted by Gasteiger charge is -2.32. The lowest BCUT2D eigenvalue weighted by molar-refractivity contribution is -0.125. The van der Waals surface area contributed by atoms with Crippen molar-refractivity contribution in [3.63, 3.8) is 0 Å². The number of benzene rings is 1. The summed E-state index contributed by atoms with van der Waals surface area (Å²) in [6, 6.07) is 5.80. The summed E-state index contributed by atoms with van der Waals surface area (Å²) in [4.78, 5) is 24.7. The molecule has 1 aliphatic rings. The van der Waals surface area contributed by atoms with Crippen molar-refractivity contribution in [3.05, 3.63) is 29.8 Å². The number of ether oxygens (including phenoxy) is 1. The molecule has 1 atom stereocenters. The fourth-order valence-corrected chi connectivity index (χ4v) is 2.54. The highest BCUT2D eigenvalue weighted by atomic mass is 16.5. The highest BCUT2D eigenvalue weighted by Crippen LogP contribution is 2.18. The molecule has 1 unspecified atom stereocenters. The van der Waals surface area contributed by atoms with Crippen LogP contribution in [0.15, 0.2) is 29.4 Å². The molecule has 2 rings (SSSR count). The third kappa shape index (κ3) is 3.91. The standard InChI is InChI=1S/C15H19N3O5/c1-23-11-7-5-10(6-8-11)13(17-22)16-14(19)12-4-2-3-9-18(12)15(20)21/h5-8,12,22H,2-4,9H2,1H3,(H,20,21)(H,16,17,19). The smallest absolute Gasteiger partial charge is 0.407 e. The fraction of sp³-hybridized carbons (Fsp3) is 0.400. The molecular formula is C15H19N3O5. The number of hydrogen-bond donors (Lipinski definition) is 3. The molecule has 0 bridgehead atoms. The Bertz CT molecular complexity index is 600. The zero-order valence-electron chi connectivity index (χ0n) is 12.7. The van der Waals surface area contributed by atoms with Gasteiger partial charge in [-0.1, -0.05) is 5.16 Å². The van der Waals surface area contributed by atoms with Crippen LogP contribution in [0.3, 0.4) is 0 Å². The predicted octanol–water partition coefficient (Wildman–Crippen LogP) is 1.48. The lowest BCUT2D eigenvalue weighted by atomic mass is 10.0. The zero-order valence-corrected chi connectivity index (χ0v) is 12.7. The average Bonchev–Trinajstić information content (AvgIpc) is 2.59. The van der Waals surface area contributed by atoms with Crippen LogP contribution in [0.1, 0.15) is 24.8 Å². The SMILES string of the molecule is COc1ccc(C(=NO)NC(=O)C2CCCCN2C(=O)O)cc1. The van der Waals surface area contributed by atoms with Crippen molar-refractivity contribution in [2.24, 2.45) is 5.16 Å². The van der Waals surface area contributed by atoms with Gasteiger partial charge in [0.15, 0.2) is 5.84 Å². The third-order valence-electron chi connectivity index (χ3n) is 3.76. The number of likely N-dealkylation sites (tertiary alicyclic amines) is 1. The summed E-state index contributed by atoms with van der Waals surface area (Å²) < 4.78 is 5.04. The molecule has 1 fully saturated rings. The summed E-state index contributed by atoms with van der Waals surface area (Å²) in [5, 5.41) is 23.9. The largest absolute Gasteiger partial charge is 0.497 e. The van der Waals surface area contributed by atoms with E-state index in [1.54, 1.807) is 24.3 Å². The first-order chi connectivity index (χ1) is 11.1. The first-order valence-electron chi connectivity index (χ1n) is 7.23. The number of piperidine rings is 1. The number of hydrogen-bond acceptors (Lipinski definition) is 5. The molecule has 3 N–H and O–H groups in total. The fourth-order valence-electron chi connectivity index (χ4n) is 2.54. The summed E-state index contributed by atoms with van der Waals surface area (Å²) in [7, 11) is 1.53. The van der Waals surface area contributed by atoms with Gasteiger partial charge in [-0.3, -0.25) is 9.69 Å². The molecule has 8 heteroatoms. The van der Waals surface area contributed by atoms with Gasteiger partial charge in [-0.2, -0.15) is 0 Å². The molecule has 0 radical (unpaired) electrons. The summed E-state index contributed by atoms with van der Waals surface area (Å²) >= 11 is 0. The summed E-state index contributed by atoms with van der Waals surface area (Å²) in [6.45, 7) is 0.321. The number of nitrogens with one attached hydrogen (secondary N) is 1.